The van der Waals surface area contributed by atoms with Gasteiger partial charge >= 0.3 is 5.97 Å². The Balaban J connectivity index is 1.58. The largest absolute Gasteiger partial charge is 0.479 e. The first kappa shape index (κ1) is 12.7. The summed E-state index contributed by atoms with van der Waals surface area (Å²) < 4.78 is 11.0. The van der Waals surface area contributed by atoms with Gasteiger partial charge in [-0.2, -0.15) is 0 Å². The average molecular weight is 265 g/mol. The van der Waals surface area contributed by atoms with Crippen molar-refractivity contribution in [2.45, 2.75) is 31.9 Å². The number of carboxylic acid groups (broad SMARTS) is 1. The fourth-order valence-corrected chi connectivity index (χ4v) is 2.61. The van der Waals surface area contributed by atoms with Crippen LogP contribution in [0.3, 0.4) is 0 Å². The first-order valence-corrected chi connectivity index (χ1v) is 6.79. The van der Waals surface area contributed by atoms with Gasteiger partial charge in [-0.1, -0.05) is 6.92 Å². The maximum atomic E-state index is 10.9. The lowest BCUT2D eigenvalue weighted by Crippen LogP contribution is -2.45. The Morgan fingerprint density at radius 2 is 2.32 bits per heavy atom. The highest BCUT2D eigenvalue weighted by molar-refractivity contribution is 5.72. The zero-order chi connectivity index (χ0) is 13.4. The van der Waals surface area contributed by atoms with Gasteiger partial charge in [0.25, 0.3) is 0 Å². The van der Waals surface area contributed by atoms with Crippen LogP contribution in [0.2, 0.25) is 0 Å². The number of ether oxygens (including phenoxy) is 1. The van der Waals surface area contributed by atoms with Gasteiger partial charge in [0.05, 0.1) is 13.2 Å². The minimum absolute atomic E-state index is 0.422. The second-order valence-electron chi connectivity index (χ2n) is 5.56. The van der Waals surface area contributed by atoms with E-state index in [1.807, 2.05) is 6.07 Å². The normalized spacial score (nSPS) is 31.3. The van der Waals surface area contributed by atoms with Gasteiger partial charge in [0.2, 0.25) is 0 Å². The number of aliphatic carboxylic acids is 1. The van der Waals surface area contributed by atoms with E-state index in [-0.39, 0.29) is 0 Å². The third kappa shape index (κ3) is 2.82. The van der Waals surface area contributed by atoms with Gasteiger partial charge in [-0.15, -0.1) is 0 Å². The van der Waals surface area contributed by atoms with Crippen molar-refractivity contribution in [1.29, 1.82) is 0 Å². The van der Waals surface area contributed by atoms with Crippen LogP contribution in [0.15, 0.2) is 16.5 Å². The molecular weight excluding hydrogens is 246 g/mol. The van der Waals surface area contributed by atoms with Crippen molar-refractivity contribution >= 4 is 5.97 Å². The minimum atomic E-state index is -0.892. The molecule has 1 N–H and O–H groups in total. The molecule has 0 radical (unpaired) electrons. The smallest absolute Gasteiger partial charge is 0.334 e. The van der Waals surface area contributed by atoms with E-state index in [2.05, 4.69) is 17.9 Å². The SMILES string of the molecule is CC1CC1c1ccc(CN2CCOC(C(=O)O)C2)o1. The van der Waals surface area contributed by atoms with Crippen LogP contribution >= 0.6 is 0 Å². The van der Waals surface area contributed by atoms with Crippen LogP contribution in [0.25, 0.3) is 0 Å². The zero-order valence-corrected chi connectivity index (χ0v) is 11.0. The van der Waals surface area contributed by atoms with Crippen molar-refractivity contribution in [1.82, 2.24) is 4.90 Å². The Labute approximate surface area is 112 Å². The van der Waals surface area contributed by atoms with Gasteiger partial charge in [-0.25, -0.2) is 4.79 Å². The summed E-state index contributed by atoms with van der Waals surface area (Å²) in [5, 5.41) is 8.96. The molecule has 1 saturated heterocycles. The lowest BCUT2D eigenvalue weighted by molar-refractivity contribution is -0.156. The van der Waals surface area contributed by atoms with Gasteiger partial charge in [0.1, 0.15) is 11.5 Å². The number of rotatable bonds is 4. The van der Waals surface area contributed by atoms with Crippen molar-refractivity contribution < 1.29 is 19.1 Å². The third-order valence-corrected chi connectivity index (χ3v) is 3.96. The van der Waals surface area contributed by atoms with E-state index in [4.69, 9.17) is 14.3 Å². The Hall–Kier alpha value is -1.33. The molecule has 1 saturated carbocycles. The molecule has 5 heteroatoms. The third-order valence-electron chi connectivity index (χ3n) is 3.96. The molecule has 1 aromatic rings. The van der Waals surface area contributed by atoms with E-state index in [0.717, 1.165) is 24.0 Å². The first-order valence-electron chi connectivity index (χ1n) is 6.79. The molecule has 3 unspecified atom stereocenters. The number of morpholine rings is 1. The minimum Gasteiger partial charge on any atom is -0.479 e. The lowest BCUT2D eigenvalue weighted by atomic mass is 10.2. The summed E-state index contributed by atoms with van der Waals surface area (Å²) in [5.41, 5.74) is 0. The molecule has 1 aliphatic heterocycles. The van der Waals surface area contributed by atoms with Crippen LogP contribution in [0.5, 0.6) is 0 Å². The summed E-state index contributed by atoms with van der Waals surface area (Å²) in [5.74, 6) is 2.42. The van der Waals surface area contributed by atoms with E-state index >= 15 is 0 Å². The fraction of sp³-hybridized carbons (Fsp3) is 0.643. The van der Waals surface area contributed by atoms with Crippen molar-refractivity contribution in [3.05, 3.63) is 23.7 Å². The summed E-state index contributed by atoms with van der Waals surface area (Å²) in [6, 6.07) is 4.06. The molecule has 3 rings (SSSR count). The predicted octanol–water partition coefficient (Wildman–Crippen LogP) is 1.69. The maximum absolute atomic E-state index is 10.9. The van der Waals surface area contributed by atoms with Crippen LogP contribution in [0.1, 0.15) is 30.8 Å². The van der Waals surface area contributed by atoms with Crippen LogP contribution in [0.4, 0.5) is 0 Å². The molecule has 0 aromatic carbocycles. The molecule has 0 spiro atoms. The number of carbonyl (C=O) groups is 1. The molecule has 0 bridgehead atoms. The Morgan fingerprint density at radius 3 is 3.00 bits per heavy atom. The Kier molecular flexibility index (Phi) is 3.33. The van der Waals surface area contributed by atoms with Crippen LogP contribution in [0, 0.1) is 5.92 Å². The number of hydrogen-bond acceptors (Lipinski definition) is 4. The molecule has 104 valence electrons. The topological polar surface area (TPSA) is 62.9 Å². The molecular formula is C14H19NO4. The maximum Gasteiger partial charge on any atom is 0.334 e. The van der Waals surface area contributed by atoms with Gasteiger partial charge in [-0.05, 0) is 24.5 Å². The molecule has 1 aromatic heterocycles. The summed E-state index contributed by atoms with van der Waals surface area (Å²) in [4.78, 5) is 13.0. The molecule has 1 aliphatic carbocycles. The van der Waals surface area contributed by atoms with Gasteiger partial charge < -0.3 is 14.3 Å². The van der Waals surface area contributed by atoms with Gasteiger partial charge in [0.15, 0.2) is 6.10 Å². The van der Waals surface area contributed by atoms with Gasteiger partial charge in [-0.3, -0.25) is 4.90 Å². The standard InChI is InChI=1S/C14H19NO4/c1-9-6-11(9)12-3-2-10(19-12)7-15-4-5-18-13(8-15)14(16)17/h2-3,9,11,13H,4-8H2,1H3,(H,16,17). The number of hydrogen-bond donors (Lipinski definition) is 1. The van der Waals surface area contributed by atoms with Gasteiger partial charge in [0, 0.05) is 19.0 Å². The van der Waals surface area contributed by atoms with E-state index in [1.54, 1.807) is 0 Å². The van der Waals surface area contributed by atoms with Crippen LogP contribution < -0.4 is 0 Å². The average Bonchev–Trinajstić information content (AvgIpc) is 2.94. The monoisotopic (exact) mass is 265 g/mol. The Bertz CT molecular complexity index is 470. The molecule has 3 atom stereocenters. The quantitative estimate of drug-likeness (QED) is 0.897. The molecule has 2 aliphatic rings. The predicted molar refractivity (Wildman–Crippen MR) is 67.9 cm³/mol. The van der Waals surface area contributed by atoms with E-state index < -0.39 is 12.1 Å². The van der Waals surface area contributed by atoms with Crippen molar-refractivity contribution in [2.24, 2.45) is 5.92 Å². The second-order valence-corrected chi connectivity index (χ2v) is 5.56. The highest BCUT2D eigenvalue weighted by Gasteiger charge is 2.36. The van der Waals surface area contributed by atoms with E-state index in [9.17, 15) is 4.79 Å². The summed E-state index contributed by atoms with van der Waals surface area (Å²) in [6.07, 6.45) is 0.498. The molecule has 19 heavy (non-hydrogen) atoms. The van der Waals surface area contributed by atoms with E-state index in [1.165, 1.54) is 6.42 Å². The zero-order valence-electron chi connectivity index (χ0n) is 11.0. The van der Waals surface area contributed by atoms with Crippen molar-refractivity contribution in [2.75, 3.05) is 19.7 Å². The molecule has 2 fully saturated rings. The second kappa shape index (κ2) is 4.98. The number of carboxylic acids is 1. The lowest BCUT2D eigenvalue weighted by Gasteiger charge is -2.29. The number of nitrogens with zero attached hydrogens (tertiary/aromatic N) is 1. The number of furan rings is 1. The molecule has 2 heterocycles. The first-order chi connectivity index (χ1) is 9.13. The summed E-state index contributed by atoms with van der Waals surface area (Å²) in [7, 11) is 0. The van der Waals surface area contributed by atoms with Crippen molar-refractivity contribution in [3.8, 4) is 0 Å². The Morgan fingerprint density at radius 1 is 1.53 bits per heavy atom. The summed E-state index contributed by atoms with van der Waals surface area (Å²) >= 11 is 0. The van der Waals surface area contributed by atoms with Crippen molar-refractivity contribution in [3.63, 3.8) is 0 Å². The van der Waals surface area contributed by atoms with Crippen LogP contribution in [-0.2, 0) is 16.1 Å². The summed E-state index contributed by atoms with van der Waals surface area (Å²) in [6.45, 7) is 4.52. The van der Waals surface area contributed by atoms with Crippen LogP contribution in [-0.4, -0.2) is 41.8 Å². The highest BCUT2D eigenvalue weighted by Crippen LogP contribution is 2.47. The molecule has 5 nitrogen and oxygen atoms in total. The molecule has 0 amide bonds. The highest BCUT2D eigenvalue weighted by atomic mass is 16.5. The van der Waals surface area contributed by atoms with E-state index in [0.29, 0.717) is 25.6 Å². The fourth-order valence-electron chi connectivity index (χ4n) is 2.61.